The van der Waals surface area contributed by atoms with E-state index in [2.05, 4.69) is 5.10 Å². The van der Waals surface area contributed by atoms with Crippen molar-refractivity contribution in [2.24, 2.45) is 0 Å². The predicted molar refractivity (Wildman–Crippen MR) is 85.7 cm³/mol. The van der Waals surface area contributed by atoms with Gasteiger partial charge in [-0.2, -0.15) is 5.10 Å². The second kappa shape index (κ2) is 6.50. The molecule has 0 amide bonds. The molecule has 0 unspecified atom stereocenters. The molecular weight excluding hydrogens is 321 g/mol. The molecule has 0 radical (unpaired) electrons. The Morgan fingerprint density at radius 2 is 1.65 bits per heavy atom. The molecule has 1 heterocycles. The van der Waals surface area contributed by atoms with Gasteiger partial charge in [0.25, 0.3) is 6.43 Å². The zero-order valence-corrected chi connectivity index (χ0v) is 13.0. The molecule has 118 valence electrons. The van der Waals surface area contributed by atoms with Gasteiger partial charge < -0.3 is 0 Å². The van der Waals surface area contributed by atoms with Crippen LogP contribution in [0, 0.1) is 5.82 Å². The zero-order valence-electron chi connectivity index (χ0n) is 12.2. The van der Waals surface area contributed by atoms with E-state index in [1.165, 1.54) is 30.3 Å². The first-order chi connectivity index (χ1) is 11.1. The molecule has 6 heteroatoms. The zero-order chi connectivity index (χ0) is 16.4. The Balaban J connectivity index is 2.06. The van der Waals surface area contributed by atoms with Gasteiger partial charge in [0.2, 0.25) is 0 Å². The highest BCUT2D eigenvalue weighted by Gasteiger charge is 2.18. The number of rotatable bonds is 4. The van der Waals surface area contributed by atoms with Crippen molar-refractivity contribution < 1.29 is 13.2 Å². The van der Waals surface area contributed by atoms with Crippen LogP contribution in [0.3, 0.4) is 0 Å². The summed E-state index contributed by atoms with van der Waals surface area (Å²) in [6, 6.07) is 14.2. The quantitative estimate of drug-likeness (QED) is 0.600. The Kier molecular flexibility index (Phi) is 4.43. The second-order valence-electron chi connectivity index (χ2n) is 4.87. The van der Waals surface area contributed by atoms with Crippen molar-refractivity contribution in [3.63, 3.8) is 0 Å². The van der Waals surface area contributed by atoms with E-state index < -0.39 is 12.2 Å². The smallest absolute Gasteiger partial charge is 0.231 e. The fourth-order valence-electron chi connectivity index (χ4n) is 2.24. The SMILES string of the molecule is CSc1ccc(-c2cc(C(F)F)n(-c3ccc(F)cc3)n2)cc1. The third kappa shape index (κ3) is 3.27. The van der Waals surface area contributed by atoms with Crippen molar-refractivity contribution in [2.75, 3.05) is 6.26 Å². The van der Waals surface area contributed by atoms with Crippen LogP contribution in [0.1, 0.15) is 12.1 Å². The van der Waals surface area contributed by atoms with Crippen LogP contribution in [-0.4, -0.2) is 16.0 Å². The molecule has 23 heavy (non-hydrogen) atoms. The monoisotopic (exact) mass is 334 g/mol. The molecule has 3 aromatic rings. The van der Waals surface area contributed by atoms with Crippen LogP contribution in [0.4, 0.5) is 13.2 Å². The van der Waals surface area contributed by atoms with Gasteiger partial charge in [0.1, 0.15) is 11.5 Å². The van der Waals surface area contributed by atoms with Gasteiger partial charge in [0.05, 0.1) is 11.4 Å². The summed E-state index contributed by atoms with van der Waals surface area (Å²) in [5, 5.41) is 4.26. The Morgan fingerprint density at radius 1 is 1.00 bits per heavy atom. The Labute approximate surface area is 136 Å². The van der Waals surface area contributed by atoms with E-state index in [0.717, 1.165) is 15.1 Å². The fraction of sp³-hybridized carbons (Fsp3) is 0.118. The molecule has 0 bridgehead atoms. The normalized spacial score (nSPS) is 11.2. The first kappa shape index (κ1) is 15.7. The van der Waals surface area contributed by atoms with Gasteiger partial charge in [-0.25, -0.2) is 17.9 Å². The molecule has 0 saturated carbocycles. The van der Waals surface area contributed by atoms with Crippen LogP contribution < -0.4 is 0 Å². The van der Waals surface area contributed by atoms with E-state index in [4.69, 9.17) is 0 Å². The molecule has 0 saturated heterocycles. The number of alkyl halides is 2. The topological polar surface area (TPSA) is 17.8 Å². The van der Waals surface area contributed by atoms with Gasteiger partial charge in [0.15, 0.2) is 0 Å². The van der Waals surface area contributed by atoms with Crippen molar-refractivity contribution >= 4 is 11.8 Å². The molecule has 0 fully saturated rings. The summed E-state index contributed by atoms with van der Waals surface area (Å²) in [6.45, 7) is 0. The Hall–Kier alpha value is -2.21. The van der Waals surface area contributed by atoms with Crippen LogP contribution >= 0.6 is 11.8 Å². The summed E-state index contributed by atoms with van der Waals surface area (Å²) in [7, 11) is 0. The lowest BCUT2D eigenvalue weighted by Crippen LogP contribution is -2.02. The number of thioether (sulfide) groups is 1. The first-order valence-corrected chi connectivity index (χ1v) is 8.09. The first-order valence-electron chi connectivity index (χ1n) is 6.87. The van der Waals surface area contributed by atoms with Crippen molar-refractivity contribution in [1.82, 2.24) is 9.78 Å². The van der Waals surface area contributed by atoms with Crippen molar-refractivity contribution in [3.05, 3.63) is 66.1 Å². The maximum atomic E-state index is 13.3. The molecule has 0 aliphatic heterocycles. The minimum absolute atomic E-state index is 0.222. The molecule has 3 rings (SSSR count). The van der Waals surface area contributed by atoms with Crippen LogP contribution in [0.25, 0.3) is 16.9 Å². The van der Waals surface area contributed by atoms with Crippen molar-refractivity contribution in [2.45, 2.75) is 11.3 Å². The number of halogens is 3. The van der Waals surface area contributed by atoms with Gasteiger partial charge in [0, 0.05) is 10.5 Å². The third-order valence-electron chi connectivity index (χ3n) is 3.42. The predicted octanol–water partition coefficient (Wildman–Crippen LogP) is 5.34. The van der Waals surface area contributed by atoms with Crippen LogP contribution in [0.2, 0.25) is 0 Å². The molecule has 0 N–H and O–H groups in total. The number of nitrogens with zero attached hydrogens (tertiary/aromatic N) is 2. The van der Waals surface area contributed by atoms with Crippen LogP contribution in [0.5, 0.6) is 0 Å². The highest BCUT2D eigenvalue weighted by Crippen LogP contribution is 2.29. The summed E-state index contributed by atoms with van der Waals surface area (Å²) in [4.78, 5) is 1.08. The minimum Gasteiger partial charge on any atom is -0.231 e. The lowest BCUT2D eigenvalue weighted by molar-refractivity contribution is 0.143. The molecule has 2 nitrogen and oxygen atoms in total. The van der Waals surface area contributed by atoms with Crippen LogP contribution in [-0.2, 0) is 0 Å². The Morgan fingerprint density at radius 3 is 2.22 bits per heavy atom. The van der Waals surface area contributed by atoms with Crippen LogP contribution in [0.15, 0.2) is 59.5 Å². The molecule has 1 aromatic heterocycles. The molecule has 0 spiro atoms. The van der Waals surface area contributed by atoms with Gasteiger partial charge in [-0.15, -0.1) is 11.8 Å². The molecule has 0 atom stereocenters. The average molecular weight is 334 g/mol. The minimum atomic E-state index is -2.67. The molecule has 0 aliphatic rings. The largest absolute Gasteiger partial charge is 0.280 e. The van der Waals surface area contributed by atoms with E-state index >= 15 is 0 Å². The van der Waals surface area contributed by atoms with Gasteiger partial charge >= 0.3 is 0 Å². The Bertz CT molecular complexity index is 796. The second-order valence-corrected chi connectivity index (χ2v) is 5.75. The lowest BCUT2D eigenvalue weighted by atomic mass is 10.1. The number of benzene rings is 2. The number of aromatic nitrogens is 2. The summed E-state index contributed by atoms with van der Waals surface area (Å²) < 4.78 is 40.8. The summed E-state index contributed by atoms with van der Waals surface area (Å²) >= 11 is 1.60. The molecular formula is C17H13F3N2S. The van der Waals surface area contributed by atoms with E-state index in [9.17, 15) is 13.2 Å². The number of hydrogen-bond acceptors (Lipinski definition) is 2. The van der Waals surface area contributed by atoms with E-state index in [0.29, 0.717) is 11.4 Å². The van der Waals surface area contributed by atoms with E-state index in [1.54, 1.807) is 11.8 Å². The lowest BCUT2D eigenvalue weighted by Gasteiger charge is -2.06. The maximum Gasteiger partial charge on any atom is 0.280 e. The fourth-order valence-corrected chi connectivity index (χ4v) is 2.65. The average Bonchev–Trinajstić information content (AvgIpc) is 3.01. The van der Waals surface area contributed by atoms with Gasteiger partial charge in [-0.05, 0) is 48.7 Å². The summed E-state index contributed by atoms with van der Waals surface area (Å²) in [5.41, 5.74) is 1.39. The van der Waals surface area contributed by atoms with Crippen molar-refractivity contribution in [3.8, 4) is 16.9 Å². The van der Waals surface area contributed by atoms with Gasteiger partial charge in [-0.1, -0.05) is 12.1 Å². The summed E-state index contributed by atoms with van der Waals surface area (Å²) in [6.07, 6.45) is -0.709. The highest BCUT2D eigenvalue weighted by molar-refractivity contribution is 7.98. The van der Waals surface area contributed by atoms with Gasteiger partial charge in [-0.3, -0.25) is 0 Å². The number of hydrogen-bond donors (Lipinski definition) is 0. The summed E-state index contributed by atoms with van der Waals surface area (Å²) in [5.74, 6) is -0.424. The maximum absolute atomic E-state index is 13.3. The highest BCUT2D eigenvalue weighted by atomic mass is 32.2. The third-order valence-corrected chi connectivity index (χ3v) is 4.16. The molecule has 0 aliphatic carbocycles. The van der Waals surface area contributed by atoms with Crippen molar-refractivity contribution in [1.29, 1.82) is 0 Å². The standard InChI is InChI=1S/C17H13F3N2S/c1-23-14-8-2-11(3-9-14)15-10-16(17(19)20)22(21-15)13-6-4-12(18)5-7-13/h2-10,17H,1H3. The van der Waals surface area contributed by atoms with E-state index in [-0.39, 0.29) is 5.69 Å². The molecule has 2 aromatic carbocycles. The van der Waals surface area contributed by atoms with E-state index in [1.807, 2.05) is 30.5 Å².